The van der Waals surface area contributed by atoms with E-state index in [0.29, 0.717) is 6.73 Å². The lowest BCUT2D eigenvalue weighted by Gasteiger charge is -2.20. The predicted molar refractivity (Wildman–Crippen MR) is 71.4 cm³/mol. The molecule has 0 spiro atoms. The first-order chi connectivity index (χ1) is 9.55. The van der Waals surface area contributed by atoms with Gasteiger partial charge in [0.25, 0.3) is 0 Å². The zero-order chi connectivity index (χ0) is 14.2. The maximum Gasteiger partial charge on any atom is 0.416 e. The lowest BCUT2D eigenvalue weighted by Crippen LogP contribution is -2.17. The Kier molecular flexibility index (Phi) is 3.35. The van der Waals surface area contributed by atoms with Crippen molar-refractivity contribution in [2.75, 3.05) is 6.73 Å². The summed E-state index contributed by atoms with van der Waals surface area (Å²) in [4.78, 5) is 0.888. The van der Waals surface area contributed by atoms with E-state index in [4.69, 9.17) is 4.74 Å². The van der Waals surface area contributed by atoms with E-state index in [1.54, 1.807) is 0 Å². The Labute approximate surface area is 118 Å². The van der Waals surface area contributed by atoms with Gasteiger partial charge in [0.15, 0.2) is 0 Å². The third-order valence-electron chi connectivity index (χ3n) is 2.96. The van der Waals surface area contributed by atoms with Crippen molar-refractivity contribution in [3.63, 3.8) is 0 Å². The Balaban J connectivity index is 2.01. The van der Waals surface area contributed by atoms with E-state index in [1.807, 2.05) is 18.2 Å². The number of fused-ring (bicyclic) bond motifs is 1. The molecule has 0 saturated carbocycles. The number of ether oxygens (including phenoxy) is 1. The van der Waals surface area contributed by atoms with Crippen molar-refractivity contribution in [2.45, 2.75) is 11.1 Å². The molecule has 2 aromatic carbocycles. The molecule has 20 heavy (non-hydrogen) atoms. The van der Waals surface area contributed by atoms with E-state index in [2.05, 4.69) is 4.72 Å². The Bertz CT molecular complexity index is 625. The average molecular weight is 297 g/mol. The van der Waals surface area contributed by atoms with Crippen LogP contribution >= 0.6 is 11.9 Å². The Morgan fingerprint density at radius 3 is 2.50 bits per heavy atom. The summed E-state index contributed by atoms with van der Waals surface area (Å²) < 4.78 is 46.1. The van der Waals surface area contributed by atoms with Crippen LogP contribution in [0.4, 0.5) is 13.2 Å². The van der Waals surface area contributed by atoms with Gasteiger partial charge < -0.3 is 4.74 Å². The van der Waals surface area contributed by atoms with Crippen molar-refractivity contribution in [3.05, 3.63) is 48.0 Å². The van der Waals surface area contributed by atoms with Crippen molar-refractivity contribution in [2.24, 2.45) is 0 Å². The zero-order valence-electron chi connectivity index (χ0n) is 10.2. The maximum absolute atomic E-state index is 12.6. The van der Waals surface area contributed by atoms with Crippen LogP contribution in [-0.2, 0) is 6.18 Å². The summed E-state index contributed by atoms with van der Waals surface area (Å²) in [6.07, 6.45) is -4.31. The first-order valence-corrected chi connectivity index (χ1v) is 6.70. The van der Waals surface area contributed by atoms with Crippen LogP contribution in [0.1, 0.15) is 5.56 Å². The third kappa shape index (κ3) is 2.48. The molecule has 0 aromatic heterocycles. The van der Waals surface area contributed by atoms with Crippen LogP contribution in [0, 0.1) is 0 Å². The molecule has 0 amide bonds. The molecular formula is C14H10F3NOS. The summed E-state index contributed by atoms with van der Waals surface area (Å²) in [6, 6.07) is 10.7. The summed E-state index contributed by atoms with van der Waals surface area (Å²) in [5, 5.41) is 0. The van der Waals surface area contributed by atoms with Crippen LogP contribution in [-0.4, -0.2) is 6.73 Å². The SMILES string of the molecule is FC(F)(F)c1ccc(-c2cccc3c2SNCO3)cc1. The van der Waals surface area contributed by atoms with E-state index in [1.165, 1.54) is 24.1 Å². The molecule has 0 radical (unpaired) electrons. The quantitative estimate of drug-likeness (QED) is 0.792. The normalized spacial score (nSPS) is 14.6. The minimum atomic E-state index is -4.31. The average Bonchev–Trinajstić information content (AvgIpc) is 2.46. The monoisotopic (exact) mass is 297 g/mol. The molecule has 2 aromatic rings. The minimum absolute atomic E-state index is 0.411. The summed E-state index contributed by atoms with van der Waals surface area (Å²) in [7, 11) is 0. The summed E-state index contributed by atoms with van der Waals surface area (Å²) in [5.74, 6) is 0.742. The molecule has 6 heteroatoms. The Morgan fingerprint density at radius 2 is 1.80 bits per heavy atom. The third-order valence-corrected chi connectivity index (χ3v) is 3.85. The second kappa shape index (κ2) is 5.03. The second-order valence-corrected chi connectivity index (χ2v) is 5.14. The van der Waals surface area contributed by atoms with E-state index in [9.17, 15) is 13.2 Å². The molecule has 0 atom stereocenters. The van der Waals surface area contributed by atoms with Gasteiger partial charge in [-0.05, 0) is 35.7 Å². The highest BCUT2D eigenvalue weighted by atomic mass is 32.2. The van der Waals surface area contributed by atoms with Gasteiger partial charge in [0.05, 0.1) is 10.5 Å². The van der Waals surface area contributed by atoms with Gasteiger partial charge in [0.2, 0.25) is 0 Å². The lowest BCUT2D eigenvalue weighted by atomic mass is 10.0. The molecule has 104 valence electrons. The lowest BCUT2D eigenvalue weighted by molar-refractivity contribution is -0.137. The number of benzene rings is 2. The van der Waals surface area contributed by atoms with E-state index in [0.717, 1.165) is 33.9 Å². The van der Waals surface area contributed by atoms with Crippen LogP contribution in [0.25, 0.3) is 11.1 Å². The molecule has 0 aliphatic carbocycles. The summed E-state index contributed by atoms with van der Waals surface area (Å²) in [6.45, 7) is 0.411. The first-order valence-electron chi connectivity index (χ1n) is 5.89. The molecule has 1 heterocycles. The molecule has 3 rings (SSSR count). The molecule has 0 saturated heterocycles. The molecular weight excluding hydrogens is 287 g/mol. The van der Waals surface area contributed by atoms with Crippen molar-refractivity contribution < 1.29 is 17.9 Å². The van der Waals surface area contributed by atoms with Crippen molar-refractivity contribution in [1.82, 2.24) is 4.72 Å². The van der Waals surface area contributed by atoms with Crippen molar-refractivity contribution >= 4 is 11.9 Å². The zero-order valence-corrected chi connectivity index (χ0v) is 11.0. The van der Waals surface area contributed by atoms with E-state index >= 15 is 0 Å². The number of alkyl halides is 3. The molecule has 1 aliphatic heterocycles. The highest BCUT2D eigenvalue weighted by molar-refractivity contribution is 7.97. The summed E-state index contributed by atoms with van der Waals surface area (Å²) >= 11 is 1.42. The fourth-order valence-corrected chi connectivity index (χ4v) is 2.80. The standard InChI is InChI=1S/C14H10F3NOS/c15-14(16,17)10-6-4-9(5-7-10)11-2-1-3-12-13(11)20-18-8-19-12/h1-7,18H,8H2. The maximum atomic E-state index is 12.6. The van der Waals surface area contributed by atoms with E-state index < -0.39 is 11.7 Å². The predicted octanol–water partition coefficient (Wildman–Crippen LogP) is 4.32. The molecule has 1 aliphatic rings. The van der Waals surface area contributed by atoms with Gasteiger partial charge in [-0.15, -0.1) is 0 Å². The van der Waals surface area contributed by atoms with Gasteiger partial charge in [-0.25, -0.2) is 4.72 Å². The Hall–Kier alpha value is -1.66. The smallest absolute Gasteiger partial charge is 0.416 e. The van der Waals surface area contributed by atoms with Crippen LogP contribution in [0.3, 0.4) is 0 Å². The number of rotatable bonds is 1. The topological polar surface area (TPSA) is 21.3 Å². The van der Waals surface area contributed by atoms with Gasteiger partial charge in [-0.3, -0.25) is 0 Å². The number of hydrogen-bond acceptors (Lipinski definition) is 3. The molecule has 0 unspecified atom stereocenters. The van der Waals surface area contributed by atoms with Gasteiger partial charge >= 0.3 is 6.18 Å². The van der Waals surface area contributed by atoms with Gasteiger partial charge in [0, 0.05) is 5.56 Å². The Morgan fingerprint density at radius 1 is 1.05 bits per heavy atom. The van der Waals surface area contributed by atoms with Crippen LogP contribution in [0.5, 0.6) is 5.75 Å². The highest BCUT2D eigenvalue weighted by Crippen LogP contribution is 2.40. The van der Waals surface area contributed by atoms with Gasteiger partial charge in [-0.2, -0.15) is 13.2 Å². The van der Waals surface area contributed by atoms with Gasteiger partial charge in [-0.1, -0.05) is 24.3 Å². The van der Waals surface area contributed by atoms with E-state index in [-0.39, 0.29) is 0 Å². The van der Waals surface area contributed by atoms with Crippen molar-refractivity contribution in [1.29, 1.82) is 0 Å². The van der Waals surface area contributed by atoms with Crippen molar-refractivity contribution in [3.8, 4) is 16.9 Å². The molecule has 2 nitrogen and oxygen atoms in total. The molecule has 1 N–H and O–H groups in total. The van der Waals surface area contributed by atoms with Gasteiger partial charge in [0.1, 0.15) is 12.5 Å². The second-order valence-electron chi connectivity index (χ2n) is 4.24. The number of nitrogens with one attached hydrogen (secondary N) is 1. The fraction of sp³-hybridized carbons (Fsp3) is 0.143. The highest BCUT2D eigenvalue weighted by Gasteiger charge is 2.30. The largest absolute Gasteiger partial charge is 0.476 e. The number of halogens is 3. The number of hydrogen-bond donors (Lipinski definition) is 1. The molecule has 0 fully saturated rings. The van der Waals surface area contributed by atoms with Crippen LogP contribution < -0.4 is 9.46 Å². The minimum Gasteiger partial charge on any atom is -0.476 e. The van der Waals surface area contributed by atoms with Crippen LogP contribution in [0.15, 0.2) is 47.4 Å². The first kappa shape index (κ1) is 13.3. The van der Waals surface area contributed by atoms with Crippen LogP contribution in [0.2, 0.25) is 0 Å². The molecule has 0 bridgehead atoms. The summed E-state index contributed by atoms with van der Waals surface area (Å²) in [5.41, 5.74) is 0.941. The fourth-order valence-electron chi connectivity index (χ4n) is 2.01.